The molecule has 7 nitrogen and oxygen atoms in total. The van der Waals surface area contributed by atoms with Crippen molar-refractivity contribution >= 4 is 29.0 Å². The maximum Gasteiger partial charge on any atom is 0.337 e. The lowest BCUT2D eigenvalue weighted by atomic mass is 10.1. The van der Waals surface area contributed by atoms with Crippen LogP contribution in [0.15, 0.2) is 24.3 Å². The molecule has 2 aliphatic heterocycles. The fraction of sp³-hybridized carbons (Fsp3) is 0.500. The summed E-state index contributed by atoms with van der Waals surface area (Å²) < 4.78 is 21.6. The van der Waals surface area contributed by atoms with Crippen molar-refractivity contribution in [2.75, 3.05) is 32.8 Å². The highest BCUT2D eigenvalue weighted by molar-refractivity contribution is 7.80. The highest BCUT2D eigenvalue weighted by Gasteiger charge is 2.48. The van der Waals surface area contributed by atoms with Gasteiger partial charge in [0.05, 0.1) is 31.9 Å². The molecular formula is C16H20N2O5S. The lowest BCUT2D eigenvalue weighted by Crippen LogP contribution is -2.45. The first-order valence-corrected chi connectivity index (χ1v) is 8.05. The van der Waals surface area contributed by atoms with Crippen LogP contribution in [0.5, 0.6) is 0 Å². The molecule has 4 unspecified atom stereocenters. The van der Waals surface area contributed by atoms with Gasteiger partial charge in [-0.15, -0.1) is 0 Å². The molecule has 8 heteroatoms. The van der Waals surface area contributed by atoms with Crippen molar-refractivity contribution in [3.05, 3.63) is 29.8 Å². The Labute approximate surface area is 145 Å². The molecule has 0 saturated carbocycles. The molecule has 130 valence electrons. The monoisotopic (exact) mass is 352 g/mol. The van der Waals surface area contributed by atoms with Gasteiger partial charge < -0.3 is 29.6 Å². The van der Waals surface area contributed by atoms with Crippen molar-refractivity contribution in [2.24, 2.45) is 0 Å². The van der Waals surface area contributed by atoms with E-state index in [4.69, 9.17) is 31.2 Å². The quantitative estimate of drug-likeness (QED) is 0.612. The number of hydrogen-bond acceptors (Lipinski definition) is 6. The van der Waals surface area contributed by atoms with Crippen molar-refractivity contribution in [1.82, 2.24) is 5.32 Å². The second-order valence-electron chi connectivity index (χ2n) is 5.65. The Kier molecular flexibility index (Phi) is 5.30. The highest BCUT2D eigenvalue weighted by Crippen LogP contribution is 2.28. The maximum atomic E-state index is 11.6. The van der Waals surface area contributed by atoms with E-state index in [0.29, 0.717) is 29.6 Å². The summed E-state index contributed by atoms with van der Waals surface area (Å²) in [4.78, 5) is 11.6. The molecule has 2 fully saturated rings. The first-order valence-electron chi connectivity index (χ1n) is 7.64. The minimum Gasteiger partial charge on any atom is -0.465 e. The van der Waals surface area contributed by atoms with Crippen molar-refractivity contribution in [3.8, 4) is 0 Å². The van der Waals surface area contributed by atoms with E-state index < -0.39 is 5.97 Å². The van der Waals surface area contributed by atoms with E-state index in [1.165, 1.54) is 7.11 Å². The Morgan fingerprint density at radius 1 is 1.25 bits per heavy atom. The SMILES string of the molecule is COC(=O)c1cccc(NC(=S)NC2COC3C(OC)COC23)c1. The molecule has 4 atom stereocenters. The predicted molar refractivity (Wildman–Crippen MR) is 91.2 cm³/mol. The summed E-state index contributed by atoms with van der Waals surface area (Å²) in [6.07, 6.45) is -0.200. The van der Waals surface area contributed by atoms with Gasteiger partial charge in [-0.25, -0.2) is 4.79 Å². The molecule has 2 N–H and O–H groups in total. The summed E-state index contributed by atoms with van der Waals surface area (Å²) in [5.74, 6) is -0.394. The zero-order chi connectivity index (χ0) is 17.1. The Hall–Kier alpha value is -1.74. The van der Waals surface area contributed by atoms with Crippen molar-refractivity contribution < 1.29 is 23.7 Å². The van der Waals surface area contributed by atoms with E-state index in [1.54, 1.807) is 25.3 Å². The molecule has 2 heterocycles. The molecule has 0 aromatic heterocycles. The van der Waals surface area contributed by atoms with Crippen molar-refractivity contribution in [1.29, 1.82) is 0 Å². The van der Waals surface area contributed by atoms with E-state index >= 15 is 0 Å². The van der Waals surface area contributed by atoms with Crippen LogP contribution in [0.25, 0.3) is 0 Å². The number of rotatable bonds is 4. The number of esters is 1. The van der Waals surface area contributed by atoms with Gasteiger partial charge in [0.25, 0.3) is 0 Å². The van der Waals surface area contributed by atoms with Crippen LogP contribution in [0, 0.1) is 0 Å². The topological polar surface area (TPSA) is 78.1 Å². The third-order valence-electron chi connectivity index (χ3n) is 4.17. The Morgan fingerprint density at radius 3 is 2.79 bits per heavy atom. The van der Waals surface area contributed by atoms with E-state index in [-0.39, 0.29) is 24.4 Å². The lowest BCUT2D eigenvalue weighted by Gasteiger charge is -2.20. The molecule has 1 aromatic rings. The second-order valence-corrected chi connectivity index (χ2v) is 6.06. The lowest BCUT2D eigenvalue weighted by molar-refractivity contribution is -0.00798. The molecule has 2 aliphatic rings. The summed E-state index contributed by atoms with van der Waals surface area (Å²) in [7, 11) is 3.00. The average Bonchev–Trinajstić information content (AvgIpc) is 3.17. The minimum absolute atomic E-state index is 0.0416. The van der Waals surface area contributed by atoms with Gasteiger partial charge in [-0.2, -0.15) is 0 Å². The van der Waals surface area contributed by atoms with Gasteiger partial charge in [-0.05, 0) is 30.4 Å². The van der Waals surface area contributed by atoms with E-state index in [1.807, 2.05) is 6.07 Å². The number of carbonyl (C=O) groups excluding carboxylic acids is 1. The fourth-order valence-corrected chi connectivity index (χ4v) is 3.24. The third-order valence-corrected chi connectivity index (χ3v) is 4.39. The summed E-state index contributed by atoms with van der Waals surface area (Å²) in [6.45, 7) is 1.02. The normalized spacial score (nSPS) is 28.2. The van der Waals surface area contributed by atoms with Gasteiger partial charge >= 0.3 is 5.97 Å². The molecule has 2 saturated heterocycles. The van der Waals surface area contributed by atoms with Crippen molar-refractivity contribution in [3.63, 3.8) is 0 Å². The van der Waals surface area contributed by atoms with Crippen LogP contribution in [0.3, 0.4) is 0 Å². The molecule has 3 rings (SSSR count). The second kappa shape index (κ2) is 7.43. The number of thiocarbonyl (C=S) groups is 1. The number of nitrogens with one attached hydrogen (secondary N) is 2. The number of hydrogen-bond donors (Lipinski definition) is 2. The summed E-state index contributed by atoms with van der Waals surface area (Å²) in [6, 6.07) is 6.90. The number of methoxy groups -OCH3 is 2. The highest BCUT2D eigenvalue weighted by atomic mass is 32.1. The van der Waals surface area contributed by atoms with Crippen LogP contribution in [-0.2, 0) is 18.9 Å². The van der Waals surface area contributed by atoms with Gasteiger partial charge in [0.15, 0.2) is 5.11 Å². The van der Waals surface area contributed by atoms with Gasteiger partial charge in [-0.1, -0.05) is 6.07 Å². The zero-order valence-electron chi connectivity index (χ0n) is 13.5. The smallest absolute Gasteiger partial charge is 0.337 e. The largest absolute Gasteiger partial charge is 0.465 e. The fourth-order valence-electron chi connectivity index (χ4n) is 2.97. The van der Waals surface area contributed by atoms with Crippen LogP contribution >= 0.6 is 12.2 Å². The van der Waals surface area contributed by atoms with Crippen LogP contribution in [0.4, 0.5) is 5.69 Å². The Morgan fingerprint density at radius 2 is 2.04 bits per heavy atom. The molecule has 24 heavy (non-hydrogen) atoms. The standard InChI is InChI=1S/C16H20N2O5S/c1-20-12-8-23-13-11(7-22-14(12)13)18-16(24)17-10-5-3-4-9(6-10)15(19)21-2/h3-6,11-14H,7-8H2,1-2H3,(H2,17,18,24). The van der Waals surface area contributed by atoms with Crippen LogP contribution in [0.2, 0.25) is 0 Å². The van der Waals surface area contributed by atoms with Gasteiger partial charge in [-0.3, -0.25) is 0 Å². The average molecular weight is 352 g/mol. The van der Waals surface area contributed by atoms with Gasteiger partial charge in [0.2, 0.25) is 0 Å². The Balaban J connectivity index is 1.58. The molecule has 0 amide bonds. The number of benzene rings is 1. The molecular weight excluding hydrogens is 332 g/mol. The predicted octanol–water partition coefficient (Wildman–Crippen LogP) is 0.941. The van der Waals surface area contributed by atoms with E-state index in [9.17, 15) is 4.79 Å². The van der Waals surface area contributed by atoms with E-state index in [2.05, 4.69) is 10.6 Å². The molecule has 0 bridgehead atoms. The zero-order valence-corrected chi connectivity index (χ0v) is 14.3. The van der Waals surface area contributed by atoms with Gasteiger partial charge in [0, 0.05) is 12.8 Å². The van der Waals surface area contributed by atoms with Crippen molar-refractivity contribution in [2.45, 2.75) is 24.4 Å². The molecule has 0 spiro atoms. The van der Waals surface area contributed by atoms with E-state index in [0.717, 1.165) is 0 Å². The van der Waals surface area contributed by atoms with Crippen LogP contribution < -0.4 is 10.6 Å². The summed E-state index contributed by atoms with van der Waals surface area (Å²) in [5, 5.41) is 6.71. The minimum atomic E-state index is -0.394. The summed E-state index contributed by atoms with van der Waals surface area (Å²) in [5.41, 5.74) is 1.16. The first kappa shape index (κ1) is 17.1. The number of fused-ring (bicyclic) bond motifs is 1. The Bertz CT molecular complexity index is 626. The molecule has 1 aromatic carbocycles. The third kappa shape index (κ3) is 3.51. The number of ether oxygens (including phenoxy) is 4. The van der Waals surface area contributed by atoms with Crippen LogP contribution in [-0.4, -0.2) is 62.9 Å². The summed E-state index contributed by atoms with van der Waals surface area (Å²) >= 11 is 5.35. The van der Waals surface area contributed by atoms with Gasteiger partial charge in [0.1, 0.15) is 18.3 Å². The number of carbonyl (C=O) groups is 1. The first-order chi connectivity index (χ1) is 11.6. The van der Waals surface area contributed by atoms with Crippen LogP contribution in [0.1, 0.15) is 10.4 Å². The molecule has 0 aliphatic carbocycles. The molecule has 0 radical (unpaired) electrons. The maximum absolute atomic E-state index is 11.6. The number of anilines is 1.